The largest absolute Gasteiger partial charge is 0.346 e. The van der Waals surface area contributed by atoms with Gasteiger partial charge in [-0.3, -0.25) is 4.79 Å². The average Bonchev–Trinajstić information content (AvgIpc) is 2.28. The molecule has 1 aromatic carbocycles. The third-order valence-corrected chi connectivity index (χ3v) is 2.06. The molecule has 94 valence electrons. The Morgan fingerprint density at radius 3 is 2.06 bits per heavy atom. The molecule has 5 heteroatoms. The van der Waals surface area contributed by atoms with Crippen LogP contribution in [0.5, 0.6) is 0 Å². The number of carbonyl (C=O) groups excluding carboxylic acids is 1. The van der Waals surface area contributed by atoms with Gasteiger partial charge in [-0.15, -0.1) is 0 Å². The highest BCUT2D eigenvalue weighted by Crippen LogP contribution is 2.16. The lowest BCUT2D eigenvalue weighted by atomic mass is 10.1. The molecule has 1 aromatic rings. The Kier molecular flexibility index (Phi) is 5.18. The molecule has 0 amide bonds. The van der Waals surface area contributed by atoms with Crippen LogP contribution in [0.3, 0.4) is 0 Å². The van der Waals surface area contributed by atoms with Gasteiger partial charge in [0, 0.05) is 13.2 Å². The zero-order chi connectivity index (χ0) is 12.8. The number of ether oxygens (including phenoxy) is 2. The summed E-state index contributed by atoms with van der Waals surface area (Å²) in [6.45, 7) is 3.76. The minimum Gasteiger partial charge on any atom is -0.346 e. The maximum atomic E-state index is 13.4. The summed E-state index contributed by atoms with van der Waals surface area (Å²) in [7, 11) is 0. The van der Waals surface area contributed by atoms with Crippen LogP contribution in [0.15, 0.2) is 18.2 Å². The molecule has 0 spiro atoms. The third kappa shape index (κ3) is 3.31. The van der Waals surface area contributed by atoms with Gasteiger partial charge in [0.15, 0.2) is 0 Å². The van der Waals surface area contributed by atoms with Gasteiger partial charge >= 0.3 is 0 Å². The quantitative estimate of drug-likeness (QED) is 0.570. The van der Waals surface area contributed by atoms with E-state index in [-0.39, 0.29) is 13.2 Å². The van der Waals surface area contributed by atoms with Gasteiger partial charge in [-0.2, -0.15) is 0 Å². The van der Waals surface area contributed by atoms with Gasteiger partial charge in [-0.25, -0.2) is 8.78 Å². The summed E-state index contributed by atoms with van der Waals surface area (Å²) in [4.78, 5) is 11.8. The van der Waals surface area contributed by atoms with E-state index in [2.05, 4.69) is 0 Å². The summed E-state index contributed by atoms with van der Waals surface area (Å²) in [5.41, 5.74) is -0.626. The van der Waals surface area contributed by atoms with E-state index in [1.807, 2.05) is 0 Å². The molecule has 0 heterocycles. The van der Waals surface area contributed by atoms with Crippen molar-refractivity contribution in [2.24, 2.45) is 0 Å². The first-order valence-electron chi connectivity index (χ1n) is 5.33. The van der Waals surface area contributed by atoms with Crippen molar-refractivity contribution in [1.82, 2.24) is 0 Å². The van der Waals surface area contributed by atoms with E-state index < -0.39 is 29.3 Å². The fraction of sp³-hybridized carbons (Fsp3) is 0.417. The monoisotopic (exact) mass is 244 g/mol. The molecule has 0 unspecified atom stereocenters. The Morgan fingerprint density at radius 2 is 1.65 bits per heavy atom. The Labute approximate surface area is 98.3 Å². The molecule has 0 N–H and O–H groups in total. The Balaban J connectivity index is 3.00. The minimum atomic E-state index is -1.27. The maximum absolute atomic E-state index is 13.4. The maximum Gasteiger partial charge on any atom is 0.224 e. The summed E-state index contributed by atoms with van der Waals surface area (Å²) in [6.07, 6.45) is -1.27. The Morgan fingerprint density at radius 1 is 1.18 bits per heavy atom. The van der Waals surface area contributed by atoms with Crippen LogP contribution in [0.25, 0.3) is 0 Å². The fourth-order valence-electron chi connectivity index (χ4n) is 1.35. The molecular weight excluding hydrogens is 230 g/mol. The van der Waals surface area contributed by atoms with Crippen LogP contribution < -0.4 is 0 Å². The van der Waals surface area contributed by atoms with Gasteiger partial charge in [0.25, 0.3) is 0 Å². The minimum absolute atomic E-state index is 0.215. The lowest BCUT2D eigenvalue weighted by Crippen LogP contribution is -2.29. The van der Waals surface area contributed by atoms with Crippen LogP contribution in [0, 0.1) is 11.6 Å². The lowest BCUT2D eigenvalue weighted by molar-refractivity contribution is -0.107. The second-order valence-corrected chi connectivity index (χ2v) is 3.20. The van der Waals surface area contributed by atoms with E-state index in [1.54, 1.807) is 13.8 Å². The first-order valence-corrected chi connectivity index (χ1v) is 5.33. The number of Topliss-reactive ketones (excluding diaryl/α,β-unsaturated/α-hetero) is 1. The lowest BCUT2D eigenvalue weighted by Gasteiger charge is -2.16. The average molecular weight is 244 g/mol. The third-order valence-electron chi connectivity index (χ3n) is 2.06. The van der Waals surface area contributed by atoms with Crippen molar-refractivity contribution < 1.29 is 23.0 Å². The second-order valence-electron chi connectivity index (χ2n) is 3.20. The van der Waals surface area contributed by atoms with Crippen molar-refractivity contribution in [3.63, 3.8) is 0 Å². The number of benzene rings is 1. The van der Waals surface area contributed by atoms with Crippen molar-refractivity contribution in [3.05, 3.63) is 35.4 Å². The number of halogens is 2. The van der Waals surface area contributed by atoms with Gasteiger partial charge < -0.3 is 9.47 Å². The van der Waals surface area contributed by atoms with E-state index in [0.29, 0.717) is 0 Å². The summed E-state index contributed by atoms with van der Waals surface area (Å²) in [5.74, 6) is -2.68. The molecule has 3 nitrogen and oxygen atoms in total. The van der Waals surface area contributed by atoms with Gasteiger partial charge in [0.1, 0.15) is 11.6 Å². The van der Waals surface area contributed by atoms with Gasteiger partial charge in [-0.05, 0) is 26.0 Å². The van der Waals surface area contributed by atoms with E-state index in [9.17, 15) is 13.6 Å². The van der Waals surface area contributed by atoms with Crippen LogP contribution in [0.4, 0.5) is 8.78 Å². The molecule has 0 radical (unpaired) electrons. The first kappa shape index (κ1) is 13.7. The number of rotatable bonds is 6. The zero-order valence-electron chi connectivity index (χ0n) is 9.70. The second kappa shape index (κ2) is 6.42. The summed E-state index contributed by atoms with van der Waals surface area (Å²) < 4.78 is 36.7. The number of ketones is 1. The highest BCUT2D eigenvalue weighted by molar-refractivity contribution is 5.99. The van der Waals surface area contributed by atoms with Gasteiger partial charge in [-0.1, -0.05) is 6.07 Å². The number of hydrogen-bond donors (Lipinski definition) is 0. The van der Waals surface area contributed by atoms with Crippen molar-refractivity contribution in [2.45, 2.75) is 20.1 Å². The van der Waals surface area contributed by atoms with E-state index in [0.717, 1.165) is 12.1 Å². The van der Waals surface area contributed by atoms with Crippen LogP contribution in [0.2, 0.25) is 0 Å². The SMILES string of the molecule is CCOC(OCC)C(=O)c1c(F)cccc1F. The number of hydrogen-bond acceptors (Lipinski definition) is 3. The molecule has 0 atom stereocenters. The van der Waals surface area contributed by atoms with Crippen LogP contribution in [-0.4, -0.2) is 25.3 Å². The standard InChI is InChI=1S/C12H14F2O3/c1-3-16-12(17-4-2)11(15)10-8(13)6-5-7-9(10)14/h5-7,12H,3-4H2,1-2H3. The van der Waals surface area contributed by atoms with E-state index in [4.69, 9.17) is 9.47 Å². The van der Waals surface area contributed by atoms with E-state index in [1.165, 1.54) is 6.07 Å². The molecule has 0 aliphatic carbocycles. The predicted octanol–water partition coefficient (Wildman–Crippen LogP) is 2.55. The molecule has 0 saturated carbocycles. The van der Waals surface area contributed by atoms with Crippen molar-refractivity contribution in [1.29, 1.82) is 0 Å². The fourth-order valence-corrected chi connectivity index (χ4v) is 1.35. The number of carbonyl (C=O) groups is 1. The molecular formula is C12H14F2O3. The smallest absolute Gasteiger partial charge is 0.224 e. The van der Waals surface area contributed by atoms with Crippen LogP contribution in [-0.2, 0) is 9.47 Å². The van der Waals surface area contributed by atoms with Gasteiger partial charge in [0.05, 0.1) is 5.56 Å². The van der Waals surface area contributed by atoms with Crippen molar-refractivity contribution in [3.8, 4) is 0 Å². The molecule has 0 saturated heterocycles. The summed E-state index contributed by atoms with van der Waals surface area (Å²) in [5, 5.41) is 0. The van der Waals surface area contributed by atoms with Gasteiger partial charge in [0.2, 0.25) is 12.1 Å². The summed E-state index contributed by atoms with van der Waals surface area (Å²) in [6, 6.07) is 3.23. The van der Waals surface area contributed by atoms with Crippen molar-refractivity contribution >= 4 is 5.78 Å². The molecule has 1 rings (SSSR count). The first-order chi connectivity index (χ1) is 8.11. The molecule has 17 heavy (non-hydrogen) atoms. The predicted molar refractivity (Wildman–Crippen MR) is 57.7 cm³/mol. The Bertz CT molecular complexity index is 367. The highest BCUT2D eigenvalue weighted by Gasteiger charge is 2.26. The zero-order valence-corrected chi connectivity index (χ0v) is 9.70. The van der Waals surface area contributed by atoms with Crippen LogP contribution >= 0.6 is 0 Å². The van der Waals surface area contributed by atoms with Crippen LogP contribution in [0.1, 0.15) is 24.2 Å². The molecule has 0 aliphatic heterocycles. The topological polar surface area (TPSA) is 35.5 Å². The molecule has 0 bridgehead atoms. The molecule has 0 fully saturated rings. The van der Waals surface area contributed by atoms with Crippen molar-refractivity contribution in [2.75, 3.05) is 13.2 Å². The molecule has 0 aliphatic rings. The normalized spacial score (nSPS) is 10.9. The Hall–Kier alpha value is -1.33. The van der Waals surface area contributed by atoms with E-state index >= 15 is 0 Å². The highest BCUT2D eigenvalue weighted by atomic mass is 19.1. The summed E-state index contributed by atoms with van der Waals surface area (Å²) >= 11 is 0. The molecule has 0 aromatic heterocycles.